The average molecular weight is 348 g/mol. The summed E-state index contributed by atoms with van der Waals surface area (Å²) in [6.45, 7) is 0.0433. The number of alkyl halides is 3. The van der Waals surface area contributed by atoms with Gasteiger partial charge < -0.3 is 15.2 Å². The fraction of sp³-hybridized carbons (Fsp3) is 0.286. The molecule has 9 heteroatoms. The summed E-state index contributed by atoms with van der Waals surface area (Å²) in [5, 5.41) is 8.70. The molecule has 0 aliphatic heterocycles. The minimum Gasteiger partial charge on any atom is -0.364 e. The maximum atomic E-state index is 12.7. The first-order valence-corrected chi connectivity index (χ1v) is 6.97. The number of halogens is 4. The highest BCUT2D eigenvalue weighted by atomic mass is 35.5. The molecule has 0 saturated heterocycles. The number of nitrogens with zero attached hydrogens (tertiary/aromatic N) is 1. The second-order valence-electron chi connectivity index (χ2n) is 4.74. The maximum Gasteiger partial charge on any atom is 0.391 e. The highest BCUT2D eigenvalue weighted by Gasteiger charge is 2.33. The molecule has 0 aliphatic rings. The SMILES string of the molecule is O=C(NCc1ccon1)NC(CC(F)(F)F)c1ccc(Cl)cc1. The number of aromatic nitrogens is 1. The first-order chi connectivity index (χ1) is 10.8. The van der Waals surface area contributed by atoms with Crippen LogP contribution < -0.4 is 10.6 Å². The van der Waals surface area contributed by atoms with E-state index in [2.05, 4.69) is 20.3 Å². The lowest BCUT2D eigenvalue weighted by atomic mass is 10.0. The fourth-order valence-electron chi connectivity index (χ4n) is 1.89. The number of rotatable bonds is 5. The van der Waals surface area contributed by atoms with E-state index in [0.29, 0.717) is 16.3 Å². The van der Waals surface area contributed by atoms with E-state index in [0.717, 1.165) is 0 Å². The molecule has 1 atom stereocenters. The predicted molar refractivity (Wildman–Crippen MR) is 76.7 cm³/mol. The summed E-state index contributed by atoms with van der Waals surface area (Å²) in [4.78, 5) is 11.8. The van der Waals surface area contributed by atoms with Crippen LogP contribution in [0.4, 0.5) is 18.0 Å². The van der Waals surface area contributed by atoms with Crippen LogP contribution in [-0.4, -0.2) is 17.4 Å². The molecule has 0 saturated carbocycles. The Kier molecular flexibility index (Phi) is 5.49. The summed E-state index contributed by atoms with van der Waals surface area (Å²) in [6, 6.07) is 5.39. The van der Waals surface area contributed by atoms with E-state index < -0.39 is 24.7 Å². The number of hydrogen-bond donors (Lipinski definition) is 2. The normalized spacial score (nSPS) is 12.7. The Morgan fingerprint density at radius 2 is 1.96 bits per heavy atom. The number of amides is 2. The lowest BCUT2D eigenvalue weighted by molar-refractivity contribution is -0.139. The second-order valence-corrected chi connectivity index (χ2v) is 5.18. The van der Waals surface area contributed by atoms with Crippen LogP contribution in [-0.2, 0) is 6.54 Å². The molecule has 124 valence electrons. The smallest absolute Gasteiger partial charge is 0.364 e. The van der Waals surface area contributed by atoms with Crippen molar-refractivity contribution < 1.29 is 22.5 Å². The third-order valence-corrected chi connectivity index (χ3v) is 3.19. The lowest BCUT2D eigenvalue weighted by Gasteiger charge is -2.21. The van der Waals surface area contributed by atoms with Gasteiger partial charge in [-0.25, -0.2) is 4.79 Å². The van der Waals surface area contributed by atoms with Crippen LogP contribution in [0, 0.1) is 0 Å². The molecular formula is C14H13ClF3N3O2. The zero-order valence-electron chi connectivity index (χ0n) is 11.7. The summed E-state index contributed by atoms with van der Waals surface area (Å²) >= 11 is 5.72. The largest absolute Gasteiger partial charge is 0.391 e. The lowest BCUT2D eigenvalue weighted by Crippen LogP contribution is -2.39. The van der Waals surface area contributed by atoms with E-state index in [1.165, 1.54) is 36.6 Å². The van der Waals surface area contributed by atoms with Gasteiger partial charge in [0.15, 0.2) is 0 Å². The minimum absolute atomic E-state index is 0.0433. The van der Waals surface area contributed by atoms with Gasteiger partial charge in [-0.05, 0) is 17.7 Å². The van der Waals surface area contributed by atoms with Crippen molar-refractivity contribution in [3.05, 3.63) is 52.9 Å². The molecule has 0 radical (unpaired) electrons. The van der Waals surface area contributed by atoms with Crippen LogP contribution in [0.25, 0.3) is 0 Å². The molecule has 0 aliphatic carbocycles. The molecule has 0 bridgehead atoms. The second kappa shape index (κ2) is 7.36. The van der Waals surface area contributed by atoms with Crippen LogP contribution >= 0.6 is 11.6 Å². The molecule has 2 rings (SSSR count). The Morgan fingerprint density at radius 3 is 2.52 bits per heavy atom. The summed E-state index contributed by atoms with van der Waals surface area (Å²) in [5.41, 5.74) is 0.766. The van der Waals surface area contributed by atoms with Gasteiger partial charge in [0, 0.05) is 11.1 Å². The Morgan fingerprint density at radius 1 is 1.26 bits per heavy atom. The molecule has 1 aromatic carbocycles. The molecule has 2 aromatic rings. The van der Waals surface area contributed by atoms with Gasteiger partial charge in [0.25, 0.3) is 0 Å². The number of nitrogens with one attached hydrogen (secondary N) is 2. The van der Waals surface area contributed by atoms with Crippen molar-refractivity contribution in [1.29, 1.82) is 0 Å². The third-order valence-electron chi connectivity index (χ3n) is 2.93. The Balaban J connectivity index is 2.01. The molecule has 1 unspecified atom stereocenters. The quantitative estimate of drug-likeness (QED) is 0.864. The van der Waals surface area contributed by atoms with Gasteiger partial charge >= 0.3 is 12.2 Å². The first-order valence-electron chi connectivity index (χ1n) is 6.59. The zero-order valence-corrected chi connectivity index (χ0v) is 12.5. The van der Waals surface area contributed by atoms with Crippen molar-refractivity contribution in [1.82, 2.24) is 15.8 Å². The van der Waals surface area contributed by atoms with Crippen molar-refractivity contribution in [2.45, 2.75) is 25.2 Å². The van der Waals surface area contributed by atoms with Gasteiger partial charge in [-0.2, -0.15) is 13.2 Å². The van der Waals surface area contributed by atoms with Gasteiger partial charge in [0.05, 0.1) is 19.0 Å². The van der Waals surface area contributed by atoms with Gasteiger partial charge in [-0.3, -0.25) is 0 Å². The molecule has 0 fully saturated rings. The number of urea groups is 1. The summed E-state index contributed by atoms with van der Waals surface area (Å²) in [6.07, 6.45) is -4.29. The molecule has 2 amide bonds. The number of carbonyl (C=O) groups is 1. The molecule has 2 N–H and O–H groups in total. The van der Waals surface area contributed by atoms with Crippen molar-refractivity contribution in [3.63, 3.8) is 0 Å². The summed E-state index contributed by atoms with van der Waals surface area (Å²) < 4.78 is 42.7. The van der Waals surface area contributed by atoms with Gasteiger partial charge in [0.2, 0.25) is 0 Å². The number of benzene rings is 1. The standard InChI is InChI=1S/C14H13ClF3N3O2/c15-10-3-1-9(2-4-10)12(7-14(16,17)18)20-13(22)19-8-11-5-6-23-21-11/h1-6,12H,7-8H2,(H2,19,20,22). The van der Waals surface area contributed by atoms with Gasteiger partial charge in [0.1, 0.15) is 12.0 Å². The van der Waals surface area contributed by atoms with E-state index in [4.69, 9.17) is 11.6 Å². The monoisotopic (exact) mass is 347 g/mol. The van der Waals surface area contributed by atoms with Crippen LogP contribution in [0.2, 0.25) is 5.02 Å². The topological polar surface area (TPSA) is 67.2 Å². The highest BCUT2D eigenvalue weighted by molar-refractivity contribution is 6.30. The molecule has 5 nitrogen and oxygen atoms in total. The number of carbonyl (C=O) groups excluding carboxylic acids is 1. The van der Waals surface area contributed by atoms with E-state index in [1.807, 2.05) is 0 Å². The maximum absolute atomic E-state index is 12.7. The van der Waals surface area contributed by atoms with Crippen molar-refractivity contribution in [3.8, 4) is 0 Å². The zero-order chi connectivity index (χ0) is 16.9. The summed E-state index contributed by atoms with van der Waals surface area (Å²) in [7, 11) is 0. The highest BCUT2D eigenvalue weighted by Crippen LogP contribution is 2.30. The Labute approximate surface area is 134 Å². The van der Waals surface area contributed by atoms with Crippen LogP contribution in [0.5, 0.6) is 0 Å². The van der Waals surface area contributed by atoms with E-state index in [1.54, 1.807) is 0 Å². The van der Waals surface area contributed by atoms with Gasteiger partial charge in [-0.15, -0.1) is 0 Å². The van der Waals surface area contributed by atoms with Crippen molar-refractivity contribution in [2.24, 2.45) is 0 Å². The first kappa shape index (κ1) is 17.1. The molecule has 1 heterocycles. The van der Waals surface area contributed by atoms with E-state index in [9.17, 15) is 18.0 Å². The van der Waals surface area contributed by atoms with Gasteiger partial charge in [-0.1, -0.05) is 28.9 Å². The van der Waals surface area contributed by atoms with Crippen molar-refractivity contribution in [2.75, 3.05) is 0 Å². The fourth-order valence-corrected chi connectivity index (χ4v) is 2.01. The third kappa shape index (κ3) is 5.82. The molecular weight excluding hydrogens is 335 g/mol. The molecule has 0 spiro atoms. The Bertz CT molecular complexity index is 630. The number of hydrogen-bond acceptors (Lipinski definition) is 3. The van der Waals surface area contributed by atoms with Crippen molar-refractivity contribution >= 4 is 17.6 Å². The van der Waals surface area contributed by atoms with Crippen LogP contribution in [0.1, 0.15) is 23.7 Å². The predicted octanol–water partition coefficient (Wildman–Crippen LogP) is 3.82. The average Bonchev–Trinajstić information content (AvgIpc) is 2.97. The van der Waals surface area contributed by atoms with E-state index >= 15 is 0 Å². The Hall–Kier alpha value is -2.22. The summed E-state index contributed by atoms with van der Waals surface area (Å²) in [5.74, 6) is 0. The molecule has 23 heavy (non-hydrogen) atoms. The molecule has 1 aromatic heterocycles. The van der Waals surface area contributed by atoms with E-state index in [-0.39, 0.29) is 6.54 Å². The minimum atomic E-state index is -4.43. The van der Waals surface area contributed by atoms with Crippen LogP contribution in [0.15, 0.2) is 41.1 Å². The van der Waals surface area contributed by atoms with Crippen LogP contribution in [0.3, 0.4) is 0 Å².